The maximum absolute atomic E-state index is 14.8. The fraction of sp³-hybridized carbons (Fsp3) is 0.556. The van der Waals surface area contributed by atoms with Crippen LogP contribution in [0.1, 0.15) is 25.8 Å². The molecular weight excluding hydrogens is 440 g/mol. The molecule has 1 unspecified atom stereocenters. The van der Waals surface area contributed by atoms with Crippen LogP contribution in [0.2, 0.25) is 5.02 Å². The van der Waals surface area contributed by atoms with Crippen LogP contribution in [-0.2, 0) is 4.79 Å². The van der Waals surface area contributed by atoms with Gasteiger partial charge in [0, 0.05) is 18.7 Å². The predicted octanol–water partition coefficient (Wildman–Crippen LogP) is 3.81. The molecule has 1 saturated heterocycles. The average Bonchev–Trinajstić information content (AvgIpc) is 2.64. The van der Waals surface area contributed by atoms with E-state index >= 15 is 0 Å². The predicted molar refractivity (Wildman–Crippen MR) is 94.1 cm³/mol. The number of urea groups is 1. The van der Waals surface area contributed by atoms with E-state index in [0.29, 0.717) is 4.90 Å². The monoisotopic (exact) mass is 458 g/mol. The minimum Gasteiger partial charge on any atom is -0.351 e. The number of carbonyl (C=O) groups excluding carboxylic acids is 2. The fourth-order valence-corrected chi connectivity index (χ4v) is 4.17. The molecule has 3 rings (SSSR count). The molecule has 0 aromatic heterocycles. The molecule has 166 valence electrons. The molecular formula is C18H18ClF6N3O2. The molecule has 1 aliphatic heterocycles. The lowest BCUT2D eigenvalue weighted by atomic mass is 9.68. The van der Waals surface area contributed by atoms with E-state index in [1.54, 1.807) is 0 Å². The highest BCUT2D eigenvalue weighted by Crippen LogP contribution is 2.52. The number of halogens is 7. The van der Waals surface area contributed by atoms with Gasteiger partial charge in [0.2, 0.25) is 5.91 Å². The molecule has 2 aliphatic rings. The summed E-state index contributed by atoms with van der Waals surface area (Å²) < 4.78 is 89.3. The molecule has 1 aromatic carbocycles. The standard InChI is InChI=1S/C18H18ClF6N3O2/c19-13-11(21)2-1-10(14(13)22)15(8-5-9(6-8)18(23,24)25)28-4-3-27(17(26)30)12(7-20)16(28)29/h1-2,8-9,12,15H,3-7H2,(H2,26,30)/t8?,9?,12?,15-/m0/s1/i12D. The second kappa shape index (κ2) is 8.16. The van der Waals surface area contributed by atoms with Crippen molar-refractivity contribution in [3.8, 4) is 0 Å². The molecule has 12 heteroatoms. The number of amides is 3. The van der Waals surface area contributed by atoms with Gasteiger partial charge in [0.25, 0.3) is 0 Å². The summed E-state index contributed by atoms with van der Waals surface area (Å²) in [6.45, 7) is -2.37. The van der Waals surface area contributed by atoms with Crippen LogP contribution < -0.4 is 5.73 Å². The highest BCUT2D eigenvalue weighted by molar-refractivity contribution is 6.31. The normalized spacial score (nSPS) is 28.8. The molecule has 1 heterocycles. The van der Waals surface area contributed by atoms with Gasteiger partial charge >= 0.3 is 12.2 Å². The number of nitrogens with two attached hydrogens (primary N) is 1. The van der Waals surface area contributed by atoms with Gasteiger partial charge in [0.1, 0.15) is 29.3 Å². The Hall–Kier alpha value is -2.17. The van der Waals surface area contributed by atoms with Crippen molar-refractivity contribution in [3.05, 3.63) is 34.4 Å². The summed E-state index contributed by atoms with van der Waals surface area (Å²) in [6.07, 6.45) is -5.40. The van der Waals surface area contributed by atoms with E-state index in [4.69, 9.17) is 18.7 Å². The number of hydrogen-bond acceptors (Lipinski definition) is 2. The minimum atomic E-state index is -4.49. The first-order valence-electron chi connectivity index (χ1n) is 9.47. The van der Waals surface area contributed by atoms with Gasteiger partial charge in [-0.15, -0.1) is 0 Å². The zero-order valence-corrected chi connectivity index (χ0v) is 16.1. The summed E-state index contributed by atoms with van der Waals surface area (Å²) >= 11 is 5.62. The van der Waals surface area contributed by atoms with Gasteiger partial charge in [0.05, 0.1) is 13.3 Å². The third kappa shape index (κ3) is 3.91. The molecule has 1 aromatic rings. The van der Waals surface area contributed by atoms with E-state index in [9.17, 15) is 35.9 Å². The van der Waals surface area contributed by atoms with Crippen molar-refractivity contribution in [1.82, 2.24) is 9.80 Å². The van der Waals surface area contributed by atoms with E-state index in [0.717, 1.165) is 17.0 Å². The number of carbonyl (C=O) groups is 2. The second-order valence-corrected chi connectivity index (χ2v) is 7.63. The first-order valence-corrected chi connectivity index (χ1v) is 9.35. The third-order valence-electron chi connectivity index (χ3n) is 5.59. The van der Waals surface area contributed by atoms with E-state index in [-0.39, 0.29) is 12.1 Å². The Morgan fingerprint density at radius 2 is 1.93 bits per heavy atom. The zero-order chi connectivity index (χ0) is 23.3. The van der Waals surface area contributed by atoms with E-state index in [2.05, 4.69) is 0 Å². The average molecular weight is 459 g/mol. The van der Waals surface area contributed by atoms with Crippen LogP contribution in [0.4, 0.5) is 31.1 Å². The summed E-state index contributed by atoms with van der Waals surface area (Å²) in [5.74, 6) is -6.21. The van der Waals surface area contributed by atoms with E-state index in [1.807, 2.05) is 0 Å². The molecule has 2 fully saturated rings. The summed E-state index contributed by atoms with van der Waals surface area (Å²) in [7, 11) is 0. The Morgan fingerprint density at radius 3 is 2.47 bits per heavy atom. The van der Waals surface area contributed by atoms with E-state index < -0.39 is 84.7 Å². The van der Waals surface area contributed by atoms with Crippen molar-refractivity contribution >= 4 is 23.5 Å². The van der Waals surface area contributed by atoms with Crippen molar-refractivity contribution < 1.29 is 37.3 Å². The van der Waals surface area contributed by atoms with Gasteiger partial charge in [-0.2, -0.15) is 13.2 Å². The number of alkyl halides is 4. The molecule has 2 N–H and O–H groups in total. The Morgan fingerprint density at radius 1 is 1.30 bits per heavy atom. The highest BCUT2D eigenvalue weighted by Gasteiger charge is 2.53. The van der Waals surface area contributed by atoms with Crippen LogP contribution in [0.25, 0.3) is 0 Å². The SMILES string of the molecule is [2H]C1(CF)C(=O)N([C@H](c2ccc(F)c(Cl)c2F)C2CC(C(F)(F)F)C2)CCN1C(N)=O. The topological polar surface area (TPSA) is 66.6 Å². The van der Waals surface area contributed by atoms with Crippen molar-refractivity contribution in [3.63, 3.8) is 0 Å². The molecule has 30 heavy (non-hydrogen) atoms. The van der Waals surface area contributed by atoms with Crippen molar-refractivity contribution in [2.45, 2.75) is 31.1 Å². The number of nitrogens with zero attached hydrogens (tertiary/aromatic N) is 2. The lowest BCUT2D eigenvalue weighted by Gasteiger charge is -2.49. The number of hydrogen-bond donors (Lipinski definition) is 1. The summed E-state index contributed by atoms with van der Waals surface area (Å²) in [5, 5.41) is -0.903. The van der Waals surface area contributed by atoms with Gasteiger partial charge in [0.15, 0.2) is 0 Å². The van der Waals surface area contributed by atoms with Gasteiger partial charge in [-0.3, -0.25) is 4.79 Å². The van der Waals surface area contributed by atoms with Crippen molar-refractivity contribution in [2.75, 3.05) is 19.8 Å². The molecule has 0 radical (unpaired) electrons. The number of primary amides is 1. The van der Waals surface area contributed by atoms with Gasteiger partial charge in [-0.25, -0.2) is 18.0 Å². The lowest BCUT2D eigenvalue weighted by Crippen LogP contribution is -2.62. The Labute approximate surface area is 174 Å². The number of piperazine rings is 1. The molecule has 0 bridgehead atoms. The molecule has 0 spiro atoms. The summed E-state index contributed by atoms with van der Waals surface area (Å²) in [6, 6.07) is -3.59. The highest BCUT2D eigenvalue weighted by atomic mass is 35.5. The number of rotatable bonds is 4. The Balaban J connectivity index is 2.03. The minimum absolute atomic E-state index is 0.339. The molecule has 1 saturated carbocycles. The first kappa shape index (κ1) is 21.1. The quantitative estimate of drug-likeness (QED) is 0.551. The largest absolute Gasteiger partial charge is 0.391 e. The van der Waals surface area contributed by atoms with Crippen LogP contribution in [0, 0.1) is 23.5 Å². The van der Waals surface area contributed by atoms with Gasteiger partial charge in [-0.05, 0) is 24.8 Å². The molecule has 3 amide bonds. The maximum atomic E-state index is 14.8. The van der Waals surface area contributed by atoms with Crippen LogP contribution in [0.5, 0.6) is 0 Å². The van der Waals surface area contributed by atoms with Crippen LogP contribution >= 0.6 is 11.6 Å². The molecule has 2 atom stereocenters. The zero-order valence-electron chi connectivity index (χ0n) is 16.4. The van der Waals surface area contributed by atoms with Crippen molar-refractivity contribution in [2.24, 2.45) is 17.6 Å². The Bertz CT molecular complexity index is 898. The molecule has 5 nitrogen and oxygen atoms in total. The van der Waals surface area contributed by atoms with Crippen LogP contribution in [0.3, 0.4) is 0 Å². The van der Waals surface area contributed by atoms with Gasteiger partial charge < -0.3 is 15.5 Å². The van der Waals surface area contributed by atoms with E-state index in [1.165, 1.54) is 0 Å². The third-order valence-corrected chi connectivity index (χ3v) is 5.94. The second-order valence-electron chi connectivity index (χ2n) is 7.25. The summed E-state index contributed by atoms with van der Waals surface area (Å²) in [4.78, 5) is 25.9. The maximum Gasteiger partial charge on any atom is 0.391 e. The lowest BCUT2D eigenvalue weighted by molar-refractivity contribution is -0.210. The number of benzene rings is 1. The van der Waals surface area contributed by atoms with Gasteiger partial charge in [-0.1, -0.05) is 17.7 Å². The first-order chi connectivity index (χ1) is 14.3. The smallest absolute Gasteiger partial charge is 0.351 e. The van der Waals surface area contributed by atoms with Crippen LogP contribution in [0.15, 0.2) is 12.1 Å². The van der Waals surface area contributed by atoms with Crippen molar-refractivity contribution in [1.29, 1.82) is 0 Å². The molecule has 1 aliphatic carbocycles. The Kier molecular flexibility index (Phi) is 5.73. The summed E-state index contributed by atoms with van der Waals surface area (Å²) in [5.41, 5.74) is 4.77. The fourth-order valence-electron chi connectivity index (χ4n) is 4.00. The van der Waals surface area contributed by atoms with Crippen LogP contribution in [-0.4, -0.2) is 53.7 Å².